The Morgan fingerprint density at radius 2 is 1.95 bits per heavy atom. The molecule has 0 unspecified atom stereocenters. The van der Waals surface area contributed by atoms with Gasteiger partial charge >= 0.3 is 11.9 Å². The zero-order valence-corrected chi connectivity index (χ0v) is 12.4. The molecule has 0 fully saturated rings. The third-order valence-corrected chi connectivity index (χ3v) is 3.39. The fourth-order valence-electron chi connectivity index (χ4n) is 2.33. The quantitative estimate of drug-likeness (QED) is 0.781. The van der Waals surface area contributed by atoms with Crippen LogP contribution in [0.3, 0.4) is 0 Å². The number of rotatable bonds is 5. The predicted molar refractivity (Wildman–Crippen MR) is 79.1 cm³/mol. The molecule has 1 aromatic carbocycles. The molecule has 0 aliphatic heterocycles. The van der Waals surface area contributed by atoms with Crippen molar-refractivity contribution in [3.8, 4) is 0 Å². The minimum atomic E-state index is -0.602. The van der Waals surface area contributed by atoms with Crippen LogP contribution in [0, 0.1) is 5.92 Å². The molecule has 2 rings (SSSR count). The van der Waals surface area contributed by atoms with Gasteiger partial charge in [0, 0.05) is 12.3 Å². The summed E-state index contributed by atoms with van der Waals surface area (Å²) in [6, 6.07) is 8.60. The Hall–Kier alpha value is -2.43. The summed E-state index contributed by atoms with van der Waals surface area (Å²) in [5.74, 6) is -1.33. The highest BCUT2D eigenvalue weighted by Crippen LogP contribution is 2.24. The Morgan fingerprint density at radius 1 is 1.23 bits per heavy atom. The molecule has 116 valence electrons. The van der Waals surface area contributed by atoms with Gasteiger partial charge in [0.15, 0.2) is 5.78 Å². The predicted octanol–water partition coefficient (Wildman–Crippen LogP) is 2.31. The fourth-order valence-corrected chi connectivity index (χ4v) is 2.33. The van der Waals surface area contributed by atoms with Gasteiger partial charge in [0.2, 0.25) is 0 Å². The molecule has 2 atom stereocenters. The van der Waals surface area contributed by atoms with Gasteiger partial charge in [-0.1, -0.05) is 18.2 Å². The van der Waals surface area contributed by atoms with E-state index in [0.717, 1.165) is 0 Å². The second-order valence-electron chi connectivity index (χ2n) is 5.03. The lowest BCUT2D eigenvalue weighted by molar-refractivity contribution is -0.145. The largest absolute Gasteiger partial charge is 0.466 e. The van der Waals surface area contributed by atoms with E-state index in [9.17, 15) is 14.4 Å². The Balaban J connectivity index is 2.05. The lowest BCUT2D eigenvalue weighted by Gasteiger charge is -2.26. The molecule has 0 aromatic heterocycles. The van der Waals surface area contributed by atoms with Crippen molar-refractivity contribution in [2.24, 2.45) is 5.92 Å². The number of hydrogen-bond donors (Lipinski definition) is 0. The fraction of sp³-hybridized carbons (Fsp3) is 0.353. The van der Waals surface area contributed by atoms with Gasteiger partial charge in [-0.2, -0.15) is 0 Å². The zero-order chi connectivity index (χ0) is 15.9. The molecule has 0 heterocycles. The molecule has 0 amide bonds. The number of esters is 2. The molecule has 1 aromatic rings. The van der Waals surface area contributed by atoms with Crippen LogP contribution >= 0.6 is 0 Å². The van der Waals surface area contributed by atoms with Crippen molar-refractivity contribution < 1.29 is 23.9 Å². The lowest BCUT2D eigenvalue weighted by Crippen LogP contribution is -2.32. The van der Waals surface area contributed by atoms with E-state index < -0.39 is 18.0 Å². The maximum atomic E-state index is 12.1. The van der Waals surface area contributed by atoms with Crippen LogP contribution < -0.4 is 0 Å². The summed E-state index contributed by atoms with van der Waals surface area (Å²) in [5, 5.41) is 0. The second kappa shape index (κ2) is 7.54. The summed E-state index contributed by atoms with van der Waals surface area (Å²) < 4.78 is 10.3. The Morgan fingerprint density at radius 3 is 2.64 bits per heavy atom. The molecule has 22 heavy (non-hydrogen) atoms. The van der Waals surface area contributed by atoms with Crippen LogP contribution in [0.15, 0.2) is 42.5 Å². The molecular weight excluding hydrogens is 284 g/mol. The minimum absolute atomic E-state index is 0.0522. The highest BCUT2D eigenvalue weighted by Gasteiger charge is 2.31. The van der Waals surface area contributed by atoms with Crippen molar-refractivity contribution in [1.29, 1.82) is 0 Å². The third-order valence-electron chi connectivity index (χ3n) is 3.39. The van der Waals surface area contributed by atoms with E-state index in [-0.39, 0.29) is 31.1 Å². The van der Waals surface area contributed by atoms with Crippen molar-refractivity contribution in [1.82, 2.24) is 0 Å². The molecule has 0 radical (unpaired) electrons. The molecule has 0 bridgehead atoms. The van der Waals surface area contributed by atoms with Crippen LogP contribution in [0.2, 0.25) is 0 Å². The maximum Gasteiger partial charge on any atom is 0.338 e. The Kier molecular flexibility index (Phi) is 5.47. The molecule has 5 heteroatoms. The molecule has 0 N–H and O–H groups in total. The lowest BCUT2D eigenvalue weighted by atomic mass is 9.88. The molecule has 5 nitrogen and oxygen atoms in total. The summed E-state index contributed by atoms with van der Waals surface area (Å²) in [6.45, 7) is 2.00. The molecular formula is C17H18O5. The van der Waals surface area contributed by atoms with E-state index >= 15 is 0 Å². The van der Waals surface area contributed by atoms with E-state index in [0.29, 0.717) is 5.56 Å². The topological polar surface area (TPSA) is 69.7 Å². The van der Waals surface area contributed by atoms with Gasteiger partial charge in [0.25, 0.3) is 0 Å². The number of hydrogen-bond acceptors (Lipinski definition) is 5. The SMILES string of the molecule is CCOC(=O)C[C@@H]1CC(=O)C=C[C@@H]1OC(=O)c1ccccc1. The highest BCUT2D eigenvalue weighted by molar-refractivity contribution is 5.92. The molecule has 0 spiro atoms. The van der Waals surface area contributed by atoms with Gasteiger partial charge in [-0.3, -0.25) is 9.59 Å². The minimum Gasteiger partial charge on any atom is -0.466 e. The first-order valence-corrected chi connectivity index (χ1v) is 7.23. The first-order chi connectivity index (χ1) is 10.6. The molecule has 0 saturated heterocycles. The van der Waals surface area contributed by atoms with Crippen molar-refractivity contribution in [3.05, 3.63) is 48.0 Å². The smallest absolute Gasteiger partial charge is 0.338 e. The van der Waals surface area contributed by atoms with E-state index in [1.54, 1.807) is 37.3 Å². The van der Waals surface area contributed by atoms with Crippen molar-refractivity contribution in [3.63, 3.8) is 0 Å². The van der Waals surface area contributed by atoms with E-state index in [1.807, 2.05) is 0 Å². The summed E-state index contributed by atoms with van der Waals surface area (Å²) >= 11 is 0. The van der Waals surface area contributed by atoms with Crippen molar-refractivity contribution in [2.45, 2.75) is 25.9 Å². The van der Waals surface area contributed by atoms with Gasteiger partial charge in [-0.15, -0.1) is 0 Å². The van der Waals surface area contributed by atoms with E-state index in [2.05, 4.69) is 0 Å². The summed E-state index contributed by atoms with van der Waals surface area (Å²) in [5.41, 5.74) is 0.433. The Labute approximate surface area is 128 Å². The highest BCUT2D eigenvalue weighted by atomic mass is 16.5. The second-order valence-corrected chi connectivity index (χ2v) is 5.03. The van der Waals surface area contributed by atoms with E-state index in [1.165, 1.54) is 12.2 Å². The van der Waals surface area contributed by atoms with Gasteiger partial charge < -0.3 is 9.47 Å². The average Bonchev–Trinajstić information content (AvgIpc) is 2.51. The monoisotopic (exact) mass is 302 g/mol. The van der Waals surface area contributed by atoms with Gasteiger partial charge in [0.1, 0.15) is 6.10 Å². The van der Waals surface area contributed by atoms with Crippen LogP contribution in [0.1, 0.15) is 30.1 Å². The standard InChI is InChI=1S/C17H18O5/c1-2-21-16(19)11-13-10-14(18)8-9-15(13)22-17(20)12-6-4-3-5-7-12/h3-9,13,15H,2,10-11H2,1H3/t13-,15-/m0/s1. The molecule has 0 saturated carbocycles. The molecule has 1 aliphatic rings. The number of benzene rings is 1. The number of ether oxygens (including phenoxy) is 2. The van der Waals surface area contributed by atoms with E-state index in [4.69, 9.17) is 9.47 Å². The van der Waals surface area contributed by atoms with Crippen LogP contribution in [0.4, 0.5) is 0 Å². The number of ketones is 1. The Bertz CT molecular complexity index is 576. The van der Waals surface area contributed by atoms with Crippen LogP contribution in [-0.2, 0) is 19.1 Å². The maximum absolute atomic E-state index is 12.1. The number of carbonyl (C=O) groups excluding carboxylic acids is 3. The van der Waals surface area contributed by atoms with Crippen LogP contribution in [-0.4, -0.2) is 30.4 Å². The zero-order valence-electron chi connectivity index (χ0n) is 12.4. The van der Waals surface area contributed by atoms with Gasteiger partial charge in [0.05, 0.1) is 18.6 Å². The summed E-state index contributed by atoms with van der Waals surface area (Å²) in [7, 11) is 0. The first-order valence-electron chi connectivity index (χ1n) is 7.23. The normalized spacial score (nSPS) is 20.5. The summed E-state index contributed by atoms with van der Waals surface area (Å²) in [4.78, 5) is 35.3. The first kappa shape index (κ1) is 15.9. The summed E-state index contributed by atoms with van der Waals surface area (Å²) in [6.07, 6.45) is 2.55. The number of allylic oxidation sites excluding steroid dienone is 1. The van der Waals surface area contributed by atoms with Crippen molar-refractivity contribution in [2.75, 3.05) is 6.61 Å². The van der Waals surface area contributed by atoms with Crippen LogP contribution in [0.5, 0.6) is 0 Å². The van der Waals surface area contributed by atoms with Gasteiger partial charge in [-0.05, 0) is 31.2 Å². The van der Waals surface area contributed by atoms with Crippen molar-refractivity contribution >= 4 is 17.7 Å². The third kappa shape index (κ3) is 4.28. The van der Waals surface area contributed by atoms with Gasteiger partial charge in [-0.25, -0.2) is 4.79 Å². The van der Waals surface area contributed by atoms with Crippen LogP contribution in [0.25, 0.3) is 0 Å². The molecule has 1 aliphatic carbocycles. The number of carbonyl (C=O) groups is 3. The average molecular weight is 302 g/mol.